The summed E-state index contributed by atoms with van der Waals surface area (Å²) in [6.45, 7) is 1.57. The molecule has 0 unspecified atom stereocenters. The molecule has 1 amide bonds. The Morgan fingerprint density at radius 2 is 1.91 bits per heavy atom. The third-order valence-electron chi connectivity index (χ3n) is 5.24. The van der Waals surface area contributed by atoms with Crippen molar-refractivity contribution < 1.29 is 22.9 Å². The minimum Gasteiger partial charge on any atom is -0.495 e. The number of carbonyl (C=O) groups excluding carboxylic acids is 1. The minimum absolute atomic E-state index is 0.00383. The van der Waals surface area contributed by atoms with Gasteiger partial charge in [0, 0.05) is 16.8 Å². The number of furan rings is 1. The number of para-hydroxylation sites is 1. The molecule has 5 rings (SSSR count). The molecular weight excluding hydrogens is 435 g/mol. The van der Waals surface area contributed by atoms with Crippen molar-refractivity contribution in [3.05, 3.63) is 76.8 Å². The third kappa shape index (κ3) is 3.18. The van der Waals surface area contributed by atoms with Crippen molar-refractivity contribution >= 4 is 45.1 Å². The molecule has 6 nitrogen and oxygen atoms in total. The van der Waals surface area contributed by atoms with Crippen LogP contribution in [0.15, 0.2) is 63.5 Å². The van der Waals surface area contributed by atoms with Gasteiger partial charge in [0.15, 0.2) is 0 Å². The number of benzene rings is 3. The number of halogens is 2. The van der Waals surface area contributed by atoms with Gasteiger partial charge < -0.3 is 19.0 Å². The van der Waals surface area contributed by atoms with Crippen LogP contribution in [0.2, 0.25) is 5.02 Å². The van der Waals surface area contributed by atoms with E-state index in [0.717, 1.165) is 16.4 Å². The van der Waals surface area contributed by atoms with Gasteiger partial charge in [-0.05, 0) is 31.2 Å². The van der Waals surface area contributed by atoms with Crippen LogP contribution in [0.1, 0.15) is 16.1 Å². The molecule has 0 bridgehead atoms. The highest BCUT2D eigenvalue weighted by molar-refractivity contribution is 6.33. The number of hydrogen-bond donors (Lipinski definition) is 1. The van der Waals surface area contributed by atoms with E-state index in [0.29, 0.717) is 17.0 Å². The lowest BCUT2D eigenvalue weighted by Gasteiger charge is -2.11. The van der Waals surface area contributed by atoms with Crippen LogP contribution in [-0.4, -0.2) is 18.2 Å². The maximum Gasteiger partial charge on any atom is 0.261 e. The van der Waals surface area contributed by atoms with Crippen molar-refractivity contribution in [3.8, 4) is 17.0 Å². The maximum atomic E-state index is 14.5. The highest BCUT2D eigenvalue weighted by atomic mass is 35.5. The molecule has 3 aromatic carbocycles. The predicted molar refractivity (Wildman–Crippen MR) is 120 cm³/mol. The summed E-state index contributed by atoms with van der Waals surface area (Å²) in [5, 5.41) is 8.59. The van der Waals surface area contributed by atoms with Crippen LogP contribution < -0.4 is 10.1 Å². The average molecular weight is 451 g/mol. The SMILES string of the molecule is COc1cc2c(cc1NC(=O)c1c(-c3c(F)cccc3Cl)noc1C)oc1ccccc12. The Hall–Kier alpha value is -3.84. The smallest absolute Gasteiger partial charge is 0.261 e. The summed E-state index contributed by atoms with van der Waals surface area (Å²) in [6.07, 6.45) is 0. The van der Waals surface area contributed by atoms with Gasteiger partial charge in [-0.2, -0.15) is 0 Å². The molecule has 8 heteroatoms. The second-order valence-corrected chi connectivity index (χ2v) is 7.57. The lowest BCUT2D eigenvalue weighted by Crippen LogP contribution is -2.14. The number of anilines is 1. The van der Waals surface area contributed by atoms with E-state index in [1.165, 1.54) is 25.3 Å². The fourth-order valence-electron chi connectivity index (χ4n) is 3.74. The largest absolute Gasteiger partial charge is 0.495 e. The molecule has 0 aliphatic carbocycles. The molecule has 0 saturated heterocycles. The topological polar surface area (TPSA) is 77.5 Å². The number of fused-ring (bicyclic) bond motifs is 3. The normalized spacial score (nSPS) is 11.2. The zero-order valence-electron chi connectivity index (χ0n) is 17.0. The number of aryl methyl sites for hydroxylation is 1. The van der Waals surface area contributed by atoms with Gasteiger partial charge in [-0.1, -0.05) is 41.0 Å². The molecule has 2 heterocycles. The van der Waals surface area contributed by atoms with Gasteiger partial charge >= 0.3 is 0 Å². The van der Waals surface area contributed by atoms with Crippen LogP contribution in [0.4, 0.5) is 10.1 Å². The van der Waals surface area contributed by atoms with Gasteiger partial charge in [0.1, 0.15) is 39.8 Å². The number of hydrogen-bond acceptors (Lipinski definition) is 5. The standard InChI is InChI=1S/C24H16ClFN2O4/c1-12-21(23(28-32-12)22-15(25)7-5-8-16(22)26)24(29)27-17-11-19-14(10-20(17)30-2)13-6-3-4-9-18(13)31-19/h3-11H,1-2H3,(H,27,29). The van der Waals surface area contributed by atoms with Gasteiger partial charge in [-0.15, -0.1) is 0 Å². The van der Waals surface area contributed by atoms with E-state index in [-0.39, 0.29) is 27.6 Å². The van der Waals surface area contributed by atoms with Crippen LogP contribution >= 0.6 is 11.6 Å². The van der Waals surface area contributed by atoms with E-state index in [4.69, 9.17) is 25.3 Å². The van der Waals surface area contributed by atoms with Crippen LogP contribution in [0.3, 0.4) is 0 Å². The fourth-order valence-corrected chi connectivity index (χ4v) is 3.99. The highest BCUT2D eigenvalue weighted by Crippen LogP contribution is 2.38. The summed E-state index contributed by atoms with van der Waals surface area (Å²) in [4.78, 5) is 13.2. The second kappa shape index (κ2) is 7.69. The van der Waals surface area contributed by atoms with Crippen molar-refractivity contribution in [2.75, 3.05) is 12.4 Å². The predicted octanol–water partition coefficient (Wildman–Crippen LogP) is 6.60. The van der Waals surface area contributed by atoms with Gasteiger partial charge in [-0.25, -0.2) is 4.39 Å². The Balaban J connectivity index is 1.59. The molecule has 1 N–H and O–H groups in total. The van der Waals surface area contributed by atoms with E-state index in [9.17, 15) is 9.18 Å². The fraction of sp³-hybridized carbons (Fsp3) is 0.0833. The first-order chi connectivity index (χ1) is 15.5. The number of methoxy groups -OCH3 is 1. The summed E-state index contributed by atoms with van der Waals surface area (Å²) in [7, 11) is 1.51. The number of nitrogens with one attached hydrogen (secondary N) is 1. The zero-order valence-corrected chi connectivity index (χ0v) is 17.8. The van der Waals surface area contributed by atoms with E-state index < -0.39 is 11.7 Å². The summed E-state index contributed by atoms with van der Waals surface area (Å²) in [6, 6.07) is 15.3. The molecule has 160 valence electrons. The maximum absolute atomic E-state index is 14.5. The molecule has 5 aromatic rings. The molecule has 0 aliphatic heterocycles. The molecule has 0 fully saturated rings. The first-order valence-corrected chi connectivity index (χ1v) is 10.1. The summed E-state index contributed by atoms with van der Waals surface area (Å²) in [5.74, 6) is -0.495. The van der Waals surface area contributed by atoms with Gasteiger partial charge in [0.2, 0.25) is 0 Å². The van der Waals surface area contributed by atoms with Gasteiger partial charge in [0.25, 0.3) is 5.91 Å². The second-order valence-electron chi connectivity index (χ2n) is 7.16. The van der Waals surface area contributed by atoms with Crippen molar-refractivity contribution in [1.82, 2.24) is 5.16 Å². The van der Waals surface area contributed by atoms with E-state index in [2.05, 4.69) is 10.5 Å². The average Bonchev–Trinajstić information content (AvgIpc) is 3.33. The molecule has 32 heavy (non-hydrogen) atoms. The molecule has 0 aliphatic rings. The van der Waals surface area contributed by atoms with E-state index in [1.807, 2.05) is 24.3 Å². The number of rotatable bonds is 4. The van der Waals surface area contributed by atoms with E-state index >= 15 is 0 Å². The lowest BCUT2D eigenvalue weighted by molar-refractivity contribution is 0.102. The number of ether oxygens (including phenoxy) is 1. The minimum atomic E-state index is -0.610. The molecular formula is C24H16ClFN2O4. The Bertz CT molecular complexity index is 1480. The van der Waals surface area contributed by atoms with Crippen molar-refractivity contribution in [3.63, 3.8) is 0 Å². The number of amides is 1. The molecule has 0 saturated carbocycles. The van der Waals surface area contributed by atoms with Gasteiger partial charge in [0.05, 0.1) is 23.4 Å². The monoisotopic (exact) mass is 450 g/mol. The summed E-state index contributed by atoms with van der Waals surface area (Å²) in [5.41, 5.74) is 1.78. The third-order valence-corrected chi connectivity index (χ3v) is 5.55. The summed E-state index contributed by atoms with van der Waals surface area (Å²) >= 11 is 6.18. The van der Waals surface area contributed by atoms with E-state index in [1.54, 1.807) is 19.1 Å². The quantitative estimate of drug-likeness (QED) is 0.333. The van der Waals surface area contributed by atoms with Crippen LogP contribution in [0.5, 0.6) is 5.75 Å². The first-order valence-electron chi connectivity index (χ1n) is 9.69. The van der Waals surface area contributed by atoms with Crippen molar-refractivity contribution in [1.29, 1.82) is 0 Å². The Kier molecular flexibility index (Phi) is 4.83. The summed E-state index contributed by atoms with van der Waals surface area (Å²) < 4.78 is 31.1. The number of nitrogens with zero attached hydrogens (tertiary/aromatic N) is 1. The number of aromatic nitrogens is 1. The van der Waals surface area contributed by atoms with Crippen LogP contribution in [-0.2, 0) is 0 Å². The number of carbonyl (C=O) groups is 1. The van der Waals surface area contributed by atoms with Crippen LogP contribution in [0.25, 0.3) is 33.2 Å². The first kappa shape index (κ1) is 20.1. The molecule has 0 atom stereocenters. The van der Waals surface area contributed by atoms with Crippen molar-refractivity contribution in [2.45, 2.75) is 6.92 Å². The van der Waals surface area contributed by atoms with Gasteiger partial charge in [-0.3, -0.25) is 4.79 Å². The lowest BCUT2D eigenvalue weighted by atomic mass is 10.0. The zero-order chi connectivity index (χ0) is 22.4. The Morgan fingerprint density at radius 3 is 2.69 bits per heavy atom. The highest BCUT2D eigenvalue weighted by Gasteiger charge is 2.26. The van der Waals surface area contributed by atoms with Crippen molar-refractivity contribution in [2.24, 2.45) is 0 Å². The van der Waals surface area contributed by atoms with Crippen LogP contribution in [0, 0.1) is 12.7 Å². The molecule has 0 spiro atoms. The molecule has 2 aromatic heterocycles. The molecule has 0 radical (unpaired) electrons. The Morgan fingerprint density at radius 1 is 1.09 bits per heavy atom. The Labute approximate surface area is 186 Å².